The zero-order valence-corrected chi connectivity index (χ0v) is 7.05. The molecule has 2 rings (SSSR count). The highest BCUT2D eigenvalue weighted by molar-refractivity contribution is 5.81. The van der Waals surface area contributed by atoms with Crippen LogP contribution in [0.4, 0.5) is 0 Å². The smallest absolute Gasteiger partial charge is 0.225 e. The molecule has 2 aliphatic rings. The lowest BCUT2D eigenvalue weighted by atomic mass is 10.3. The van der Waals surface area contributed by atoms with Crippen molar-refractivity contribution in [2.75, 3.05) is 6.54 Å². The summed E-state index contributed by atoms with van der Waals surface area (Å²) in [6, 6.07) is 0.619. The number of hydrogen-bond acceptors (Lipinski definition) is 1. The maximum absolute atomic E-state index is 11.5. The van der Waals surface area contributed by atoms with E-state index in [2.05, 4.69) is 11.8 Å². The van der Waals surface area contributed by atoms with E-state index < -0.39 is 0 Å². The Hall–Kier alpha value is -0.530. The molecule has 2 saturated carbocycles. The molecule has 2 heteroatoms. The zero-order valence-electron chi connectivity index (χ0n) is 7.05. The van der Waals surface area contributed by atoms with E-state index in [0.717, 1.165) is 19.4 Å². The fourth-order valence-corrected chi connectivity index (χ4v) is 1.54. The molecule has 0 aliphatic heterocycles. The lowest BCUT2D eigenvalue weighted by Gasteiger charge is -2.19. The molecule has 2 aliphatic carbocycles. The van der Waals surface area contributed by atoms with Crippen molar-refractivity contribution in [2.24, 2.45) is 5.92 Å². The van der Waals surface area contributed by atoms with Gasteiger partial charge in [-0.05, 0) is 32.6 Å². The van der Waals surface area contributed by atoms with E-state index in [4.69, 9.17) is 0 Å². The van der Waals surface area contributed by atoms with E-state index in [9.17, 15) is 4.79 Å². The zero-order chi connectivity index (χ0) is 7.84. The Bertz CT molecular complexity index is 170. The summed E-state index contributed by atoms with van der Waals surface area (Å²) in [6.45, 7) is 3.00. The van der Waals surface area contributed by atoms with Crippen LogP contribution in [0.25, 0.3) is 0 Å². The third kappa shape index (κ3) is 1.39. The molecule has 0 aromatic carbocycles. The van der Waals surface area contributed by atoms with Crippen LogP contribution in [0.5, 0.6) is 0 Å². The molecule has 1 amide bonds. The molecule has 0 unspecified atom stereocenters. The Morgan fingerprint density at radius 1 is 1.36 bits per heavy atom. The molecule has 0 aromatic heterocycles. The number of amides is 1. The van der Waals surface area contributed by atoms with E-state index in [1.807, 2.05) is 0 Å². The van der Waals surface area contributed by atoms with Gasteiger partial charge in [0.2, 0.25) is 5.91 Å². The van der Waals surface area contributed by atoms with Crippen LogP contribution < -0.4 is 0 Å². The van der Waals surface area contributed by atoms with Gasteiger partial charge in [-0.2, -0.15) is 0 Å². The topological polar surface area (TPSA) is 20.3 Å². The molecule has 0 atom stereocenters. The van der Waals surface area contributed by atoms with Gasteiger partial charge in [0, 0.05) is 18.5 Å². The van der Waals surface area contributed by atoms with Gasteiger partial charge < -0.3 is 4.90 Å². The quantitative estimate of drug-likeness (QED) is 0.600. The van der Waals surface area contributed by atoms with E-state index in [1.54, 1.807) is 0 Å². The van der Waals surface area contributed by atoms with Gasteiger partial charge >= 0.3 is 0 Å². The number of rotatable bonds is 3. The summed E-state index contributed by atoms with van der Waals surface area (Å²) in [6.07, 6.45) is 4.77. The van der Waals surface area contributed by atoms with Crippen LogP contribution >= 0.6 is 0 Å². The van der Waals surface area contributed by atoms with Crippen molar-refractivity contribution in [3.8, 4) is 0 Å². The molecule has 0 radical (unpaired) electrons. The third-order valence-electron chi connectivity index (χ3n) is 2.54. The summed E-state index contributed by atoms with van der Waals surface area (Å²) in [5.74, 6) is 0.838. The predicted octanol–water partition coefficient (Wildman–Crippen LogP) is 1.41. The normalized spacial score (nSPS) is 23.4. The molecular weight excluding hydrogens is 138 g/mol. The summed E-state index contributed by atoms with van der Waals surface area (Å²) in [5.41, 5.74) is 0. The van der Waals surface area contributed by atoms with E-state index in [-0.39, 0.29) is 0 Å². The Balaban J connectivity index is 1.92. The molecule has 0 bridgehead atoms. The highest BCUT2D eigenvalue weighted by Crippen LogP contribution is 2.35. The highest BCUT2D eigenvalue weighted by Gasteiger charge is 2.38. The summed E-state index contributed by atoms with van der Waals surface area (Å²) in [7, 11) is 0. The fourth-order valence-electron chi connectivity index (χ4n) is 1.54. The number of carbonyl (C=O) groups excluding carboxylic acids is 1. The van der Waals surface area contributed by atoms with Crippen molar-refractivity contribution in [3.63, 3.8) is 0 Å². The van der Waals surface area contributed by atoms with Crippen molar-refractivity contribution in [1.82, 2.24) is 4.90 Å². The molecule has 0 spiro atoms. The van der Waals surface area contributed by atoms with Crippen LogP contribution in [-0.4, -0.2) is 23.4 Å². The minimum Gasteiger partial charge on any atom is -0.340 e. The van der Waals surface area contributed by atoms with Crippen LogP contribution in [-0.2, 0) is 4.79 Å². The molecule has 0 heterocycles. The lowest BCUT2D eigenvalue weighted by Crippen LogP contribution is -2.33. The molecule has 62 valence electrons. The monoisotopic (exact) mass is 153 g/mol. The maximum atomic E-state index is 11.5. The van der Waals surface area contributed by atoms with Gasteiger partial charge in [-0.1, -0.05) is 0 Å². The fraction of sp³-hybridized carbons (Fsp3) is 0.889. The summed E-state index contributed by atoms with van der Waals surface area (Å²) in [5, 5.41) is 0. The average molecular weight is 153 g/mol. The predicted molar refractivity (Wildman–Crippen MR) is 43.1 cm³/mol. The van der Waals surface area contributed by atoms with Crippen molar-refractivity contribution < 1.29 is 4.79 Å². The van der Waals surface area contributed by atoms with Crippen molar-refractivity contribution in [3.05, 3.63) is 0 Å². The van der Waals surface area contributed by atoms with Gasteiger partial charge in [0.15, 0.2) is 0 Å². The molecule has 0 N–H and O–H groups in total. The minimum absolute atomic E-state index is 0.413. The van der Waals surface area contributed by atoms with Gasteiger partial charge in [-0.25, -0.2) is 0 Å². The molecule has 2 nitrogen and oxygen atoms in total. The molecule has 0 saturated heterocycles. The first-order valence-corrected chi connectivity index (χ1v) is 4.63. The minimum atomic E-state index is 0.413. The van der Waals surface area contributed by atoms with Gasteiger partial charge in [0.05, 0.1) is 0 Å². The second-order valence-electron chi connectivity index (χ2n) is 3.63. The second kappa shape index (κ2) is 2.50. The first-order chi connectivity index (χ1) is 5.33. The van der Waals surface area contributed by atoms with E-state index in [1.165, 1.54) is 12.8 Å². The van der Waals surface area contributed by atoms with E-state index >= 15 is 0 Å². The van der Waals surface area contributed by atoms with Crippen LogP contribution in [0.15, 0.2) is 0 Å². The van der Waals surface area contributed by atoms with Crippen LogP contribution in [0.2, 0.25) is 0 Å². The standard InChI is InChI=1S/C9H15NO/c1-2-10(8-5-6-8)9(11)7-3-4-7/h7-8H,2-6H2,1H3. The van der Waals surface area contributed by atoms with Gasteiger partial charge in [0.1, 0.15) is 0 Å². The first-order valence-electron chi connectivity index (χ1n) is 4.63. The van der Waals surface area contributed by atoms with Gasteiger partial charge in [0.25, 0.3) is 0 Å². The van der Waals surface area contributed by atoms with Crippen molar-refractivity contribution in [2.45, 2.75) is 38.6 Å². The van der Waals surface area contributed by atoms with Gasteiger partial charge in [-0.3, -0.25) is 4.79 Å². The average Bonchev–Trinajstić information content (AvgIpc) is 2.86. The Labute approximate surface area is 67.6 Å². The molecule has 11 heavy (non-hydrogen) atoms. The Morgan fingerprint density at radius 2 is 2.00 bits per heavy atom. The maximum Gasteiger partial charge on any atom is 0.225 e. The number of carbonyl (C=O) groups is 1. The first kappa shape index (κ1) is 7.14. The summed E-state index contributed by atoms with van der Waals surface area (Å²) in [4.78, 5) is 13.6. The number of nitrogens with zero attached hydrogens (tertiary/aromatic N) is 1. The van der Waals surface area contributed by atoms with Crippen LogP contribution in [0, 0.1) is 5.92 Å². The highest BCUT2D eigenvalue weighted by atomic mass is 16.2. The van der Waals surface area contributed by atoms with Crippen LogP contribution in [0.3, 0.4) is 0 Å². The van der Waals surface area contributed by atoms with Crippen LogP contribution in [0.1, 0.15) is 32.6 Å². The Kier molecular flexibility index (Phi) is 1.63. The second-order valence-corrected chi connectivity index (χ2v) is 3.63. The third-order valence-corrected chi connectivity index (χ3v) is 2.54. The largest absolute Gasteiger partial charge is 0.340 e. The molecular formula is C9H15NO. The van der Waals surface area contributed by atoms with Crippen molar-refractivity contribution in [1.29, 1.82) is 0 Å². The van der Waals surface area contributed by atoms with Crippen molar-refractivity contribution >= 4 is 5.91 Å². The summed E-state index contributed by atoms with van der Waals surface area (Å²) >= 11 is 0. The number of hydrogen-bond donors (Lipinski definition) is 0. The SMILES string of the molecule is CCN(C(=O)C1CC1)C1CC1. The molecule has 0 aromatic rings. The summed E-state index contributed by atoms with van der Waals surface area (Å²) < 4.78 is 0. The van der Waals surface area contributed by atoms with Gasteiger partial charge in [-0.15, -0.1) is 0 Å². The molecule has 2 fully saturated rings. The van der Waals surface area contributed by atoms with E-state index in [0.29, 0.717) is 17.9 Å². The Morgan fingerprint density at radius 3 is 2.36 bits per heavy atom. The lowest BCUT2D eigenvalue weighted by molar-refractivity contribution is -0.132.